The molecule has 154 valence electrons. The van der Waals surface area contributed by atoms with Crippen molar-refractivity contribution in [3.8, 4) is 11.5 Å². The van der Waals surface area contributed by atoms with Crippen molar-refractivity contribution < 1.29 is 24.9 Å². The lowest BCUT2D eigenvalue weighted by Crippen LogP contribution is -2.63. The Hall–Kier alpha value is -1.93. The molecule has 1 aromatic carbocycles. The average molecular weight is 409 g/mol. The summed E-state index contributed by atoms with van der Waals surface area (Å²) >= 11 is 1.76. The fourth-order valence-corrected chi connectivity index (χ4v) is 5.14. The lowest BCUT2D eigenvalue weighted by molar-refractivity contribution is -0.145. The van der Waals surface area contributed by atoms with E-state index in [0.29, 0.717) is 24.9 Å². The molecule has 2 atom stereocenters. The van der Waals surface area contributed by atoms with Gasteiger partial charge in [-0.15, -0.1) is 0 Å². The van der Waals surface area contributed by atoms with E-state index >= 15 is 0 Å². The Morgan fingerprint density at radius 3 is 2.61 bits per heavy atom. The van der Waals surface area contributed by atoms with E-state index in [4.69, 9.17) is 0 Å². The summed E-state index contributed by atoms with van der Waals surface area (Å²) < 4.78 is 0. The van der Waals surface area contributed by atoms with Crippen molar-refractivity contribution in [2.45, 2.75) is 56.7 Å². The molecule has 0 aliphatic carbocycles. The number of hydrogen-bond donors (Lipinski definition) is 4. The van der Waals surface area contributed by atoms with Crippen molar-refractivity contribution in [3.05, 3.63) is 23.8 Å². The number of carbonyl (C=O) groups is 2. The number of phenolic OH excluding ortho intramolecular Hbond substituents is 2. The van der Waals surface area contributed by atoms with Crippen LogP contribution >= 0.6 is 11.8 Å². The first-order chi connectivity index (χ1) is 13.3. The van der Waals surface area contributed by atoms with Gasteiger partial charge in [0.05, 0.1) is 0 Å². The molecule has 2 fully saturated rings. The van der Waals surface area contributed by atoms with E-state index in [9.17, 15) is 24.9 Å². The van der Waals surface area contributed by atoms with E-state index in [2.05, 4.69) is 5.32 Å². The standard InChI is InChI=1S/C20H28N2O5S/c1-13-3-2-8-22(13)19(27)20(6-9-28-10-7-20)21-18(26)17(25)12-14-4-5-15(23)16(24)11-14/h4-5,11,13,17,23-25H,2-3,6-10,12H2,1H3,(H,21,26). The molecule has 2 aliphatic heterocycles. The summed E-state index contributed by atoms with van der Waals surface area (Å²) in [5, 5.41) is 32.2. The van der Waals surface area contributed by atoms with Crippen LogP contribution in [0.15, 0.2) is 18.2 Å². The number of rotatable bonds is 5. The van der Waals surface area contributed by atoms with E-state index in [0.717, 1.165) is 24.3 Å². The number of nitrogens with one attached hydrogen (secondary N) is 1. The van der Waals surface area contributed by atoms with Crippen LogP contribution in [0, 0.1) is 0 Å². The normalized spacial score (nSPS) is 22.6. The maximum atomic E-state index is 13.3. The van der Waals surface area contributed by atoms with E-state index in [1.165, 1.54) is 18.2 Å². The van der Waals surface area contributed by atoms with Crippen LogP contribution in [0.5, 0.6) is 11.5 Å². The molecule has 28 heavy (non-hydrogen) atoms. The van der Waals surface area contributed by atoms with Gasteiger partial charge in [-0.3, -0.25) is 9.59 Å². The Balaban J connectivity index is 1.71. The first-order valence-electron chi connectivity index (χ1n) is 9.72. The molecule has 0 spiro atoms. The van der Waals surface area contributed by atoms with Gasteiger partial charge < -0.3 is 25.5 Å². The van der Waals surface area contributed by atoms with Gasteiger partial charge in [-0.1, -0.05) is 6.07 Å². The fourth-order valence-electron chi connectivity index (χ4n) is 3.95. The number of carbonyl (C=O) groups excluding carboxylic acids is 2. The second-order valence-corrected chi connectivity index (χ2v) is 8.94. The predicted molar refractivity (Wildman–Crippen MR) is 107 cm³/mol. The Morgan fingerprint density at radius 1 is 1.29 bits per heavy atom. The minimum absolute atomic E-state index is 0.0151. The number of thioether (sulfide) groups is 1. The summed E-state index contributed by atoms with van der Waals surface area (Å²) in [6.45, 7) is 2.74. The summed E-state index contributed by atoms with van der Waals surface area (Å²) in [6, 6.07) is 4.33. The van der Waals surface area contributed by atoms with Crippen LogP contribution in [-0.4, -0.2) is 67.8 Å². The van der Waals surface area contributed by atoms with Crippen LogP contribution in [0.2, 0.25) is 0 Å². The molecular weight excluding hydrogens is 380 g/mol. The molecule has 7 nitrogen and oxygen atoms in total. The molecule has 8 heteroatoms. The van der Waals surface area contributed by atoms with Crippen molar-refractivity contribution in [3.63, 3.8) is 0 Å². The number of likely N-dealkylation sites (tertiary alicyclic amines) is 1. The first-order valence-corrected chi connectivity index (χ1v) is 10.9. The number of aliphatic hydroxyl groups is 1. The molecule has 2 unspecified atom stereocenters. The smallest absolute Gasteiger partial charge is 0.250 e. The monoisotopic (exact) mass is 408 g/mol. The number of hydrogen-bond acceptors (Lipinski definition) is 6. The molecule has 2 saturated heterocycles. The highest BCUT2D eigenvalue weighted by Gasteiger charge is 2.46. The Morgan fingerprint density at radius 2 is 2.00 bits per heavy atom. The predicted octanol–water partition coefficient (Wildman–Crippen LogP) is 1.39. The lowest BCUT2D eigenvalue weighted by Gasteiger charge is -2.40. The van der Waals surface area contributed by atoms with Crippen molar-refractivity contribution in [1.82, 2.24) is 10.2 Å². The third kappa shape index (κ3) is 4.38. The van der Waals surface area contributed by atoms with Gasteiger partial charge >= 0.3 is 0 Å². The first kappa shape index (κ1) is 20.8. The highest BCUT2D eigenvalue weighted by atomic mass is 32.2. The molecule has 0 radical (unpaired) electrons. The molecule has 1 aromatic rings. The minimum Gasteiger partial charge on any atom is -0.504 e. The zero-order valence-electron chi connectivity index (χ0n) is 16.1. The molecule has 2 aliphatic rings. The summed E-state index contributed by atoms with van der Waals surface area (Å²) in [4.78, 5) is 27.9. The van der Waals surface area contributed by atoms with Gasteiger partial charge in [-0.2, -0.15) is 11.8 Å². The van der Waals surface area contributed by atoms with Crippen molar-refractivity contribution in [2.75, 3.05) is 18.1 Å². The largest absolute Gasteiger partial charge is 0.504 e. The van der Waals surface area contributed by atoms with Gasteiger partial charge in [0, 0.05) is 19.0 Å². The number of amides is 2. The summed E-state index contributed by atoms with van der Waals surface area (Å²) in [5.74, 6) is 0.392. The summed E-state index contributed by atoms with van der Waals surface area (Å²) in [6.07, 6.45) is 1.69. The molecule has 3 rings (SSSR count). The lowest BCUT2D eigenvalue weighted by atomic mass is 9.89. The maximum absolute atomic E-state index is 13.3. The van der Waals surface area contributed by atoms with E-state index < -0.39 is 17.6 Å². The average Bonchev–Trinajstić information content (AvgIpc) is 3.10. The number of benzene rings is 1. The third-order valence-electron chi connectivity index (χ3n) is 5.70. The quantitative estimate of drug-likeness (QED) is 0.548. The van der Waals surface area contributed by atoms with Crippen molar-refractivity contribution in [1.29, 1.82) is 0 Å². The minimum atomic E-state index is -1.35. The second-order valence-electron chi connectivity index (χ2n) is 7.72. The van der Waals surface area contributed by atoms with Gasteiger partial charge in [0.2, 0.25) is 11.8 Å². The van der Waals surface area contributed by atoms with Gasteiger partial charge in [0.25, 0.3) is 0 Å². The van der Waals surface area contributed by atoms with Crippen LogP contribution in [0.4, 0.5) is 0 Å². The summed E-state index contributed by atoms with van der Waals surface area (Å²) in [5.41, 5.74) is -0.440. The van der Waals surface area contributed by atoms with Gasteiger partial charge in [-0.05, 0) is 61.8 Å². The molecule has 2 heterocycles. The number of aromatic hydroxyl groups is 2. The second kappa shape index (κ2) is 8.61. The number of nitrogens with zero attached hydrogens (tertiary/aromatic N) is 1. The van der Waals surface area contributed by atoms with E-state index in [-0.39, 0.29) is 29.9 Å². The fraction of sp³-hybridized carbons (Fsp3) is 0.600. The highest BCUT2D eigenvalue weighted by molar-refractivity contribution is 7.99. The van der Waals surface area contributed by atoms with Gasteiger partial charge in [-0.25, -0.2) is 0 Å². The maximum Gasteiger partial charge on any atom is 0.250 e. The highest BCUT2D eigenvalue weighted by Crippen LogP contribution is 2.32. The Bertz CT molecular complexity index is 735. The van der Waals surface area contributed by atoms with Gasteiger partial charge in [0.1, 0.15) is 11.6 Å². The molecule has 0 aromatic heterocycles. The zero-order chi connectivity index (χ0) is 20.3. The molecule has 2 amide bonds. The van der Waals surface area contributed by atoms with Crippen LogP contribution in [0.3, 0.4) is 0 Å². The SMILES string of the molecule is CC1CCCN1C(=O)C1(NC(=O)C(O)Cc2ccc(O)c(O)c2)CCSCC1. The number of aliphatic hydroxyl groups excluding tert-OH is 1. The van der Waals surface area contributed by atoms with Crippen LogP contribution in [0.25, 0.3) is 0 Å². The van der Waals surface area contributed by atoms with Crippen molar-refractivity contribution >= 4 is 23.6 Å². The van der Waals surface area contributed by atoms with Crippen LogP contribution < -0.4 is 5.32 Å². The van der Waals surface area contributed by atoms with Crippen LogP contribution in [-0.2, 0) is 16.0 Å². The zero-order valence-corrected chi connectivity index (χ0v) is 16.9. The van der Waals surface area contributed by atoms with Crippen molar-refractivity contribution in [2.24, 2.45) is 0 Å². The van der Waals surface area contributed by atoms with Crippen LogP contribution in [0.1, 0.15) is 38.2 Å². The molecule has 0 bridgehead atoms. The molecule has 4 N–H and O–H groups in total. The van der Waals surface area contributed by atoms with E-state index in [1.54, 1.807) is 11.8 Å². The van der Waals surface area contributed by atoms with Gasteiger partial charge in [0.15, 0.2) is 11.5 Å². The Labute approximate surface area is 169 Å². The molecule has 0 saturated carbocycles. The topological polar surface area (TPSA) is 110 Å². The third-order valence-corrected chi connectivity index (χ3v) is 6.69. The molecular formula is C20H28N2O5S. The summed E-state index contributed by atoms with van der Waals surface area (Å²) in [7, 11) is 0. The number of phenols is 2. The Kier molecular flexibility index (Phi) is 6.40. The van der Waals surface area contributed by atoms with E-state index in [1.807, 2.05) is 11.8 Å².